The van der Waals surface area contributed by atoms with Crippen molar-refractivity contribution in [1.29, 1.82) is 0 Å². The van der Waals surface area contributed by atoms with Gasteiger partial charge in [-0.3, -0.25) is 9.69 Å². The molecule has 0 unspecified atom stereocenters. The van der Waals surface area contributed by atoms with Crippen molar-refractivity contribution in [2.24, 2.45) is 5.92 Å². The number of aliphatic hydroxyl groups excluding tert-OH is 1. The first-order chi connectivity index (χ1) is 17.0. The summed E-state index contributed by atoms with van der Waals surface area (Å²) in [5.74, 6) is 0.0103. The van der Waals surface area contributed by atoms with Crippen molar-refractivity contribution in [3.8, 4) is 0 Å². The molecule has 0 bridgehead atoms. The van der Waals surface area contributed by atoms with Crippen molar-refractivity contribution in [1.82, 2.24) is 4.90 Å². The maximum atomic E-state index is 11.6. The zero-order valence-corrected chi connectivity index (χ0v) is 20.9. The summed E-state index contributed by atoms with van der Waals surface area (Å²) in [6.07, 6.45) is 6.23. The molecule has 0 aromatic heterocycles. The van der Waals surface area contributed by atoms with Crippen LogP contribution < -0.4 is 5.32 Å². The minimum absolute atomic E-state index is 0.0174. The maximum Gasteiger partial charge on any atom is 0.221 e. The summed E-state index contributed by atoms with van der Waals surface area (Å²) in [5.41, 5.74) is 3.55. The minimum Gasteiger partial charge on any atom is -0.392 e. The van der Waals surface area contributed by atoms with Crippen LogP contribution in [0.1, 0.15) is 68.6 Å². The van der Waals surface area contributed by atoms with E-state index >= 15 is 0 Å². The molecule has 1 aliphatic heterocycles. The monoisotopic (exact) mass is 478 g/mol. The number of hydrogen-bond donors (Lipinski definition) is 2. The first kappa shape index (κ1) is 25.6. The van der Waals surface area contributed by atoms with Crippen molar-refractivity contribution in [3.05, 3.63) is 77.9 Å². The molecule has 4 rings (SSSR count). The van der Waals surface area contributed by atoms with Crippen LogP contribution in [0.3, 0.4) is 0 Å². The predicted octanol–water partition coefficient (Wildman–Crippen LogP) is 5.36. The van der Waals surface area contributed by atoms with Crippen LogP contribution in [0.4, 0.5) is 5.69 Å². The Labute approximate surface area is 208 Å². The summed E-state index contributed by atoms with van der Waals surface area (Å²) in [7, 11) is 0. The first-order valence-corrected chi connectivity index (χ1v) is 12.7. The van der Waals surface area contributed by atoms with Crippen LogP contribution in [0.25, 0.3) is 0 Å². The number of anilines is 1. The van der Waals surface area contributed by atoms with Crippen molar-refractivity contribution in [3.63, 3.8) is 0 Å². The molecule has 4 atom stereocenters. The number of aliphatic hydroxyl groups is 1. The van der Waals surface area contributed by atoms with E-state index < -0.39 is 6.29 Å². The van der Waals surface area contributed by atoms with Gasteiger partial charge in [-0.1, -0.05) is 62.2 Å². The Kier molecular flexibility index (Phi) is 8.74. The molecule has 1 aliphatic carbocycles. The van der Waals surface area contributed by atoms with Gasteiger partial charge < -0.3 is 19.9 Å². The first-order valence-electron chi connectivity index (χ1n) is 12.7. The Bertz CT molecular complexity index is 986. The van der Waals surface area contributed by atoms with E-state index in [1.807, 2.05) is 54.6 Å². The number of amides is 1. The zero-order chi connectivity index (χ0) is 24.8. The summed E-state index contributed by atoms with van der Waals surface area (Å²) in [4.78, 5) is 14.1. The van der Waals surface area contributed by atoms with Gasteiger partial charge in [0.15, 0.2) is 6.29 Å². The van der Waals surface area contributed by atoms with E-state index in [0.717, 1.165) is 35.5 Å². The minimum atomic E-state index is -0.554. The fourth-order valence-electron chi connectivity index (χ4n) is 5.33. The molecule has 2 fully saturated rings. The van der Waals surface area contributed by atoms with Gasteiger partial charge >= 0.3 is 0 Å². The molecule has 188 valence electrons. The quantitative estimate of drug-likeness (QED) is 0.475. The highest BCUT2D eigenvalue weighted by molar-refractivity contribution is 5.88. The summed E-state index contributed by atoms with van der Waals surface area (Å²) in [6, 6.07) is 16.2. The molecular weight excluding hydrogens is 440 g/mol. The number of carbonyl (C=O) groups excluding carboxylic acids is 1. The Hall–Kier alpha value is -2.51. The molecule has 1 heterocycles. The largest absolute Gasteiger partial charge is 0.392 e. The fraction of sp³-hybridized carbons (Fsp3) is 0.483. The molecule has 2 aromatic rings. The third kappa shape index (κ3) is 6.39. The van der Waals surface area contributed by atoms with Gasteiger partial charge in [-0.15, -0.1) is 6.58 Å². The van der Waals surface area contributed by atoms with E-state index in [4.69, 9.17) is 9.47 Å². The molecule has 6 nitrogen and oxygen atoms in total. The van der Waals surface area contributed by atoms with Crippen molar-refractivity contribution >= 4 is 11.6 Å². The predicted molar refractivity (Wildman–Crippen MR) is 138 cm³/mol. The van der Waals surface area contributed by atoms with E-state index in [1.165, 1.54) is 32.6 Å². The van der Waals surface area contributed by atoms with Crippen LogP contribution in [0.2, 0.25) is 0 Å². The molecule has 2 aromatic carbocycles. The van der Waals surface area contributed by atoms with E-state index in [9.17, 15) is 9.90 Å². The van der Waals surface area contributed by atoms with Crippen LogP contribution in [-0.4, -0.2) is 41.1 Å². The van der Waals surface area contributed by atoms with Crippen molar-refractivity contribution in [2.45, 2.75) is 70.7 Å². The second-order valence-corrected chi connectivity index (χ2v) is 9.81. The third-order valence-corrected chi connectivity index (χ3v) is 7.22. The molecule has 0 radical (unpaired) electrons. The van der Waals surface area contributed by atoms with Gasteiger partial charge in [-0.05, 0) is 36.1 Å². The molecule has 1 saturated carbocycles. The molecule has 2 N–H and O–H groups in total. The highest BCUT2D eigenvalue weighted by atomic mass is 16.7. The van der Waals surface area contributed by atoms with E-state index in [1.54, 1.807) is 0 Å². The SMILES string of the molecule is C=CCN(C[C@H]1O[C@@H](c2cccc(NC(C)=O)c2)O[C@@H](c2ccc(CO)cc2)[C@H]1C)C1CCCC1. The van der Waals surface area contributed by atoms with Gasteiger partial charge in [-0.25, -0.2) is 0 Å². The summed E-state index contributed by atoms with van der Waals surface area (Å²) < 4.78 is 13.2. The van der Waals surface area contributed by atoms with Crippen LogP contribution >= 0.6 is 0 Å². The highest BCUT2D eigenvalue weighted by Crippen LogP contribution is 2.42. The number of hydrogen-bond acceptors (Lipinski definition) is 5. The molecule has 35 heavy (non-hydrogen) atoms. The third-order valence-electron chi connectivity index (χ3n) is 7.22. The molecule has 2 aliphatic rings. The Morgan fingerprint density at radius 3 is 2.54 bits per heavy atom. The highest BCUT2D eigenvalue weighted by Gasteiger charge is 2.40. The molecule has 1 amide bonds. The molecule has 0 spiro atoms. The lowest BCUT2D eigenvalue weighted by molar-refractivity contribution is -0.276. The summed E-state index contributed by atoms with van der Waals surface area (Å²) in [5, 5.41) is 12.3. The van der Waals surface area contributed by atoms with Crippen LogP contribution in [0, 0.1) is 5.92 Å². The van der Waals surface area contributed by atoms with Crippen LogP contribution in [-0.2, 0) is 20.9 Å². The number of nitrogens with one attached hydrogen (secondary N) is 1. The standard InChI is InChI=1S/C29H38N2O4/c1-4-16-31(26-10-5-6-11-26)18-27-20(2)28(23-14-12-22(19-32)13-15-23)35-29(34-27)24-8-7-9-25(17-24)30-21(3)33/h4,7-9,12-15,17,20,26-29,32H,1,5-6,10-11,16,18-19H2,2-3H3,(H,30,33)/t20-,27+,28+,29+/m0/s1. The Morgan fingerprint density at radius 2 is 1.89 bits per heavy atom. The van der Waals surface area contributed by atoms with Gasteiger partial charge in [0.2, 0.25) is 5.91 Å². The number of rotatable bonds is 9. The van der Waals surface area contributed by atoms with Gasteiger partial charge in [0.1, 0.15) is 0 Å². The fourth-order valence-corrected chi connectivity index (χ4v) is 5.33. The lowest BCUT2D eigenvalue weighted by Gasteiger charge is -2.43. The second-order valence-electron chi connectivity index (χ2n) is 9.81. The zero-order valence-electron chi connectivity index (χ0n) is 20.9. The average Bonchev–Trinajstić information content (AvgIpc) is 3.40. The van der Waals surface area contributed by atoms with Gasteiger partial charge in [0, 0.05) is 43.2 Å². The lowest BCUT2D eigenvalue weighted by Crippen LogP contribution is -2.47. The van der Waals surface area contributed by atoms with Gasteiger partial charge in [0.05, 0.1) is 18.8 Å². The van der Waals surface area contributed by atoms with Gasteiger partial charge in [-0.2, -0.15) is 0 Å². The average molecular weight is 479 g/mol. The number of benzene rings is 2. The van der Waals surface area contributed by atoms with E-state index in [0.29, 0.717) is 6.04 Å². The van der Waals surface area contributed by atoms with E-state index in [2.05, 4.69) is 23.7 Å². The number of carbonyl (C=O) groups is 1. The normalized spacial score (nSPS) is 25.0. The lowest BCUT2D eigenvalue weighted by atomic mass is 9.89. The van der Waals surface area contributed by atoms with Crippen LogP contribution in [0.15, 0.2) is 61.2 Å². The van der Waals surface area contributed by atoms with Crippen molar-refractivity contribution < 1.29 is 19.4 Å². The van der Waals surface area contributed by atoms with E-state index in [-0.39, 0.29) is 30.6 Å². The second kappa shape index (κ2) is 12.0. The molecule has 1 saturated heterocycles. The van der Waals surface area contributed by atoms with Crippen molar-refractivity contribution in [2.75, 3.05) is 18.4 Å². The van der Waals surface area contributed by atoms with Gasteiger partial charge in [0.25, 0.3) is 0 Å². The molecule has 6 heteroatoms. The molecular formula is C29H38N2O4. The number of ether oxygens (including phenoxy) is 2. The Morgan fingerprint density at radius 1 is 1.14 bits per heavy atom. The summed E-state index contributed by atoms with van der Waals surface area (Å²) in [6.45, 7) is 9.37. The summed E-state index contributed by atoms with van der Waals surface area (Å²) >= 11 is 0. The smallest absolute Gasteiger partial charge is 0.221 e. The maximum absolute atomic E-state index is 11.6. The number of nitrogens with zero attached hydrogens (tertiary/aromatic N) is 1. The van der Waals surface area contributed by atoms with Crippen LogP contribution in [0.5, 0.6) is 0 Å². The topological polar surface area (TPSA) is 71.0 Å². The Balaban J connectivity index is 1.62.